The zero-order valence-electron chi connectivity index (χ0n) is 15.0. The largest absolute Gasteiger partial charge is 0.479 e. The first-order valence-corrected chi connectivity index (χ1v) is 10.5. The third kappa shape index (κ3) is 4.02. The Balaban J connectivity index is 1.50. The molecule has 4 rings (SSSR count). The van der Waals surface area contributed by atoms with Crippen molar-refractivity contribution in [2.45, 2.75) is 23.7 Å². The second-order valence-electron chi connectivity index (χ2n) is 6.18. The summed E-state index contributed by atoms with van der Waals surface area (Å²) >= 11 is 3.13. The summed E-state index contributed by atoms with van der Waals surface area (Å²) in [5, 5.41) is 7.68. The molecule has 0 saturated heterocycles. The minimum absolute atomic E-state index is 0.209. The molecular weight excluding hydrogens is 394 g/mol. The molecule has 0 fully saturated rings. The number of nitrogens with one attached hydrogen (secondary N) is 2. The second-order valence-corrected chi connectivity index (χ2v) is 7.91. The third-order valence-corrected chi connectivity index (χ3v) is 5.90. The Morgan fingerprint density at radius 3 is 3.00 bits per heavy atom. The van der Waals surface area contributed by atoms with E-state index in [-0.39, 0.29) is 11.8 Å². The average molecular weight is 412 g/mol. The quantitative estimate of drug-likeness (QED) is 0.608. The van der Waals surface area contributed by atoms with Gasteiger partial charge in [0.25, 0.3) is 11.8 Å². The molecule has 1 aromatic heterocycles. The van der Waals surface area contributed by atoms with Gasteiger partial charge in [0, 0.05) is 21.7 Å². The summed E-state index contributed by atoms with van der Waals surface area (Å²) in [6.45, 7) is 1.69. The summed E-state index contributed by atoms with van der Waals surface area (Å²) in [4.78, 5) is 29.8. The maximum Gasteiger partial charge on any atom is 0.265 e. The van der Waals surface area contributed by atoms with Gasteiger partial charge in [-0.3, -0.25) is 9.59 Å². The van der Waals surface area contributed by atoms with Crippen LogP contribution in [0.15, 0.2) is 58.3 Å². The van der Waals surface area contributed by atoms with Crippen molar-refractivity contribution in [3.05, 3.63) is 64.6 Å². The Hall–Kier alpha value is -2.84. The molecule has 0 saturated carbocycles. The first-order chi connectivity index (χ1) is 13.6. The van der Waals surface area contributed by atoms with Crippen molar-refractivity contribution >= 4 is 46.3 Å². The van der Waals surface area contributed by atoms with Gasteiger partial charge in [0.05, 0.1) is 22.5 Å². The Bertz CT molecular complexity index is 1020. The van der Waals surface area contributed by atoms with Crippen molar-refractivity contribution in [3.63, 3.8) is 0 Å². The maximum atomic E-state index is 12.8. The van der Waals surface area contributed by atoms with E-state index < -0.39 is 6.10 Å². The summed E-state index contributed by atoms with van der Waals surface area (Å²) in [6, 6.07) is 12.7. The molecule has 0 spiro atoms. The summed E-state index contributed by atoms with van der Waals surface area (Å²) < 4.78 is 5.54. The number of anilines is 2. The predicted octanol–water partition coefficient (Wildman–Crippen LogP) is 4.41. The lowest BCUT2D eigenvalue weighted by Crippen LogP contribution is -2.34. The number of carbonyl (C=O) groups is 2. The SMILES string of the molecule is C[C@@H]1Oc2ccc(NC(=O)c3ccccc3SCc3cscn3)cc2NC1=O. The van der Waals surface area contributed by atoms with Crippen molar-refractivity contribution < 1.29 is 14.3 Å². The highest BCUT2D eigenvalue weighted by molar-refractivity contribution is 7.98. The Morgan fingerprint density at radius 2 is 2.18 bits per heavy atom. The summed E-state index contributed by atoms with van der Waals surface area (Å²) in [5.41, 5.74) is 4.52. The van der Waals surface area contributed by atoms with Crippen molar-refractivity contribution in [3.8, 4) is 5.75 Å². The molecule has 8 heteroatoms. The van der Waals surface area contributed by atoms with Crippen LogP contribution in [0.4, 0.5) is 11.4 Å². The monoisotopic (exact) mass is 411 g/mol. The number of rotatable bonds is 5. The molecule has 1 aliphatic heterocycles. The number of benzene rings is 2. The molecule has 1 atom stereocenters. The molecule has 2 aromatic carbocycles. The molecule has 3 aromatic rings. The zero-order valence-corrected chi connectivity index (χ0v) is 16.6. The van der Waals surface area contributed by atoms with E-state index in [9.17, 15) is 9.59 Å². The maximum absolute atomic E-state index is 12.8. The minimum atomic E-state index is -0.533. The molecule has 142 valence electrons. The van der Waals surface area contributed by atoms with Gasteiger partial charge in [-0.2, -0.15) is 0 Å². The Kier molecular flexibility index (Phi) is 5.31. The molecule has 0 bridgehead atoms. The van der Waals surface area contributed by atoms with Gasteiger partial charge in [0.1, 0.15) is 5.75 Å². The van der Waals surface area contributed by atoms with Gasteiger partial charge in [-0.05, 0) is 37.3 Å². The minimum Gasteiger partial charge on any atom is -0.479 e. The van der Waals surface area contributed by atoms with E-state index in [0.717, 1.165) is 10.6 Å². The molecule has 2 heterocycles. The van der Waals surface area contributed by atoms with Crippen LogP contribution in [0.5, 0.6) is 5.75 Å². The third-order valence-electron chi connectivity index (χ3n) is 4.16. The number of carbonyl (C=O) groups excluding carboxylic acids is 2. The molecule has 0 aliphatic carbocycles. The first kappa shape index (κ1) is 18.5. The van der Waals surface area contributed by atoms with E-state index >= 15 is 0 Å². The van der Waals surface area contributed by atoms with Gasteiger partial charge in [-0.15, -0.1) is 23.1 Å². The van der Waals surface area contributed by atoms with Gasteiger partial charge in [0.2, 0.25) is 0 Å². The molecule has 2 N–H and O–H groups in total. The van der Waals surface area contributed by atoms with E-state index in [1.54, 1.807) is 59.8 Å². The van der Waals surface area contributed by atoms with E-state index in [1.807, 2.05) is 23.6 Å². The van der Waals surface area contributed by atoms with Crippen LogP contribution < -0.4 is 15.4 Å². The summed E-state index contributed by atoms with van der Waals surface area (Å²) in [7, 11) is 0. The number of amides is 2. The number of thiazole rings is 1. The number of hydrogen-bond donors (Lipinski definition) is 2. The van der Waals surface area contributed by atoms with Gasteiger partial charge >= 0.3 is 0 Å². The lowest BCUT2D eigenvalue weighted by Gasteiger charge is -2.23. The molecule has 1 aliphatic rings. The summed E-state index contributed by atoms with van der Waals surface area (Å²) in [5.74, 6) is 0.871. The van der Waals surface area contributed by atoms with E-state index in [0.29, 0.717) is 28.4 Å². The number of thioether (sulfide) groups is 1. The van der Waals surface area contributed by atoms with E-state index in [1.165, 1.54) is 0 Å². The first-order valence-electron chi connectivity index (χ1n) is 8.62. The van der Waals surface area contributed by atoms with E-state index in [2.05, 4.69) is 15.6 Å². The molecular formula is C20H17N3O3S2. The molecule has 6 nitrogen and oxygen atoms in total. The normalized spacial score (nSPS) is 15.3. The fraction of sp³-hybridized carbons (Fsp3) is 0.150. The summed E-state index contributed by atoms with van der Waals surface area (Å²) in [6.07, 6.45) is -0.533. The zero-order chi connectivity index (χ0) is 19.5. The smallest absolute Gasteiger partial charge is 0.265 e. The Morgan fingerprint density at radius 1 is 1.32 bits per heavy atom. The van der Waals surface area contributed by atoms with Crippen LogP contribution in [0.3, 0.4) is 0 Å². The van der Waals surface area contributed by atoms with Gasteiger partial charge in [-0.25, -0.2) is 4.98 Å². The number of ether oxygens (including phenoxy) is 1. The standard InChI is InChI=1S/C20H17N3O3S2/c1-12-19(24)23-16-8-13(6-7-17(16)26-12)22-20(25)15-4-2-3-5-18(15)28-10-14-9-27-11-21-14/h2-9,11-12H,10H2,1H3,(H,22,25)(H,23,24)/t12-/m0/s1. The predicted molar refractivity (Wildman–Crippen MR) is 111 cm³/mol. The van der Waals surface area contributed by atoms with E-state index in [4.69, 9.17) is 4.74 Å². The highest BCUT2D eigenvalue weighted by Gasteiger charge is 2.23. The molecule has 0 unspecified atom stereocenters. The fourth-order valence-corrected chi connectivity index (χ4v) is 4.34. The van der Waals surface area contributed by atoms with Gasteiger partial charge in [-0.1, -0.05) is 12.1 Å². The fourth-order valence-electron chi connectivity index (χ4n) is 2.73. The Labute approximate surface area is 170 Å². The number of fused-ring (bicyclic) bond motifs is 1. The lowest BCUT2D eigenvalue weighted by atomic mass is 10.2. The van der Waals surface area contributed by atoms with Crippen LogP contribution in [0.1, 0.15) is 23.0 Å². The van der Waals surface area contributed by atoms with Crippen LogP contribution in [0, 0.1) is 0 Å². The molecule has 28 heavy (non-hydrogen) atoms. The van der Waals surface area contributed by atoms with Crippen LogP contribution in [-0.4, -0.2) is 22.9 Å². The lowest BCUT2D eigenvalue weighted by molar-refractivity contribution is -0.122. The van der Waals surface area contributed by atoms with Gasteiger partial charge < -0.3 is 15.4 Å². The van der Waals surface area contributed by atoms with Crippen LogP contribution in [0.2, 0.25) is 0 Å². The molecule has 0 radical (unpaired) electrons. The highest BCUT2D eigenvalue weighted by Crippen LogP contribution is 2.33. The highest BCUT2D eigenvalue weighted by atomic mass is 32.2. The van der Waals surface area contributed by atoms with Crippen molar-refractivity contribution in [1.29, 1.82) is 0 Å². The topological polar surface area (TPSA) is 80.3 Å². The number of aromatic nitrogens is 1. The van der Waals surface area contributed by atoms with Crippen LogP contribution in [-0.2, 0) is 10.5 Å². The van der Waals surface area contributed by atoms with Crippen molar-refractivity contribution in [2.24, 2.45) is 0 Å². The van der Waals surface area contributed by atoms with Gasteiger partial charge in [0.15, 0.2) is 6.10 Å². The van der Waals surface area contributed by atoms with Crippen LogP contribution >= 0.6 is 23.1 Å². The second kappa shape index (κ2) is 8.04. The van der Waals surface area contributed by atoms with Crippen molar-refractivity contribution in [1.82, 2.24) is 4.98 Å². The van der Waals surface area contributed by atoms with Crippen molar-refractivity contribution in [2.75, 3.05) is 10.6 Å². The number of hydrogen-bond acceptors (Lipinski definition) is 6. The van der Waals surface area contributed by atoms with Crippen LogP contribution in [0.25, 0.3) is 0 Å². The molecule has 2 amide bonds. The average Bonchev–Trinajstić information content (AvgIpc) is 3.21. The number of nitrogens with zero attached hydrogens (tertiary/aromatic N) is 1.